The Morgan fingerprint density at radius 2 is 2.24 bits per heavy atom. The standard InChI is InChI=1S/C12H18N4O/c1-8(2)13-6-10-5-12(17-15-10)11-7-16(4)14-9(11)3/h5,7-8,13H,6H2,1-4H3. The molecule has 0 bridgehead atoms. The zero-order chi connectivity index (χ0) is 12.4. The molecule has 0 aliphatic heterocycles. The van der Waals surface area contributed by atoms with Crippen molar-refractivity contribution in [3.8, 4) is 11.3 Å². The van der Waals surface area contributed by atoms with E-state index in [1.165, 1.54) is 0 Å². The van der Waals surface area contributed by atoms with Gasteiger partial charge < -0.3 is 9.84 Å². The Morgan fingerprint density at radius 1 is 1.47 bits per heavy atom. The van der Waals surface area contributed by atoms with Crippen molar-refractivity contribution in [3.63, 3.8) is 0 Å². The third kappa shape index (κ3) is 2.74. The van der Waals surface area contributed by atoms with E-state index in [-0.39, 0.29) is 0 Å². The lowest BCUT2D eigenvalue weighted by Gasteiger charge is -2.03. The van der Waals surface area contributed by atoms with E-state index >= 15 is 0 Å². The predicted octanol–water partition coefficient (Wildman–Crippen LogP) is 1.88. The monoisotopic (exact) mass is 234 g/mol. The van der Waals surface area contributed by atoms with Gasteiger partial charge in [0.2, 0.25) is 0 Å². The molecule has 5 nitrogen and oxygen atoms in total. The molecule has 0 aliphatic carbocycles. The Bertz CT molecular complexity index is 498. The van der Waals surface area contributed by atoms with E-state index in [1.807, 2.05) is 26.2 Å². The zero-order valence-electron chi connectivity index (χ0n) is 10.7. The minimum Gasteiger partial charge on any atom is -0.356 e. The van der Waals surface area contributed by atoms with Crippen molar-refractivity contribution in [2.45, 2.75) is 33.4 Å². The van der Waals surface area contributed by atoms with Crippen molar-refractivity contribution in [1.29, 1.82) is 0 Å². The van der Waals surface area contributed by atoms with Crippen LogP contribution in [0.15, 0.2) is 16.8 Å². The minimum absolute atomic E-state index is 0.440. The molecule has 2 aromatic heterocycles. The fourth-order valence-corrected chi connectivity index (χ4v) is 1.67. The third-order valence-electron chi connectivity index (χ3n) is 2.53. The maximum atomic E-state index is 5.33. The van der Waals surface area contributed by atoms with E-state index in [1.54, 1.807) is 4.68 Å². The Kier molecular flexibility index (Phi) is 3.28. The van der Waals surface area contributed by atoms with Crippen LogP contribution in [0.3, 0.4) is 0 Å². The van der Waals surface area contributed by atoms with Crippen molar-refractivity contribution in [2.75, 3.05) is 0 Å². The summed E-state index contributed by atoms with van der Waals surface area (Å²) in [5.74, 6) is 0.774. The molecule has 5 heteroatoms. The van der Waals surface area contributed by atoms with E-state index in [2.05, 4.69) is 29.4 Å². The Labute approximate surface area is 101 Å². The fourth-order valence-electron chi connectivity index (χ4n) is 1.67. The minimum atomic E-state index is 0.440. The molecule has 0 unspecified atom stereocenters. The highest BCUT2D eigenvalue weighted by Crippen LogP contribution is 2.22. The van der Waals surface area contributed by atoms with Gasteiger partial charge in [0, 0.05) is 31.9 Å². The molecule has 17 heavy (non-hydrogen) atoms. The molecule has 2 aromatic rings. The van der Waals surface area contributed by atoms with Gasteiger partial charge in [-0.1, -0.05) is 19.0 Å². The first-order valence-electron chi connectivity index (χ1n) is 5.76. The second-order valence-corrected chi connectivity index (χ2v) is 4.52. The molecule has 0 atom stereocenters. The van der Waals surface area contributed by atoms with E-state index in [0.717, 1.165) is 29.3 Å². The quantitative estimate of drug-likeness (QED) is 0.877. The molecule has 2 heterocycles. The van der Waals surface area contributed by atoms with Gasteiger partial charge in [0.05, 0.1) is 17.0 Å². The number of aromatic nitrogens is 3. The molecule has 0 aromatic carbocycles. The van der Waals surface area contributed by atoms with Crippen LogP contribution in [0.1, 0.15) is 25.2 Å². The highest BCUT2D eigenvalue weighted by Gasteiger charge is 2.12. The first-order chi connectivity index (χ1) is 8.06. The summed E-state index contributed by atoms with van der Waals surface area (Å²) in [6, 6.07) is 2.40. The zero-order valence-corrected chi connectivity index (χ0v) is 10.7. The van der Waals surface area contributed by atoms with Gasteiger partial charge in [0.25, 0.3) is 0 Å². The van der Waals surface area contributed by atoms with Gasteiger partial charge in [-0.3, -0.25) is 4.68 Å². The normalized spacial score (nSPS) is 11.4. The van der Waals surface area contributed by atoms with Crippen LogP contribution in [0.25, 0.3) is 11.3 Å². The van der Waals surface area contributed by atoms with Gasteiger partial charge in [-0.15, -0.1) is 0 Å². The average molecular weight is 234 g/mol. The molecule has 0 aliphatic rings. The van der Waals surface area contributed by atoms with Gasteiger partial charge in [-0.2, -0.15) is 5.10 Å². The topological polar surface area (TPSA) is 55.9 Å². The smallest absolute Gasteiger partial charge is 0.170 e. The van der Waals surface area contributed by atoms with Gasteiger partial charge in [-0.05, 0) is 6.92 Å². The Balaban J connectivity index is 2.15. The second kappa shape index (κ2) is 4.71. The number of hydrogen-bond acceptors (Lipinski definition) is 4. The van der Waals surface area contributed by atoms with Crippen LogP contribution >= 0.6 is 0 Å². The number of nitrogens with zero attached hydrogens (tertiary/aromatic N) is 3. The average Bonchev–Trinajstić information content (AvgIpc) is 2.82. The third-order valence-corrected chi connectivity index (χ3v) is 2.53. The lowest BCUT2D eigenvalue weighted by atomic mass is 10.2. The molecule has 0 amide bonds. The predicted molar refractivity (Wildman–Crippen MR) is 65.4 cm³/mol. The van der Waals surface area contributed by atoms with Gasteiger partial charge in [0.15, 0.2) is 5.76 Å². The van der Waals surface area contributed by atoms with Crippen LogP contribution < -0.4 is 5.32 Å². The van der Waals surface area contributed by atoms with Crippen LogP contribution in [0.5, 0.6) is 0 Å². The number of nitrogens with one attached hydrogen (secondary N) is 1. The number of aryl methyl sites for hydroxylation is 2. The summed E-state index contributed by atoms with van der Waals surface area (Å²) >= 11 is 0. The van der Waals surface area contributed by atoms with Crippen molar-refractivity contribution in [2.24, 2.45) is 7.05 Å². The molecule has 0 fully saturated rings. The van der Waals surface area contributed by atoms with E-state index in [4.69, 9.17) is 4.52 Å². The first-order valence-corrected chi connectivity index (χ1v) is 5.76. The van der Waals surface area contributed by atoms with E-state index in [9.17, 15) is 0 Å². The van der Waals surface area contributed by atoms with Crippen molar-refractivity contribution in [3.05, 3.63) is 23.7 Å². The maximum absolute atomic E-state index is 5.33. The summed E-state index contributed by atoms with van der Waals surface area (Å²) in [5.41, 5.74) is 2.86. The number of rotatable bonds is 4. The molecular weight excluding hydrogens is 216 g/mol. The Morgan fingerprint density at radius 3 is 2.82 bits per heavy atom. The van der Waals surface area contributed by atoms with Crippen LogP contribution in [0.4, 0.5) is 0 Å². The van der Waals surface area contributed by atoms with Crippen molar-refractivity contribution >= 4 is 0 Å². The van der Waals surface area contributed by atoms with E-state index < -0.39 is 0 Å². The molecule has 0 radical (unpaired) electrons. The molecule has 0 spiro atoms. The van der Waals surface area contributed by atoms with Crippen LogP contribution in [-0.4, -0.2) is 21.0 Å². The molecule has 0 saturated carbocycles. The first kappa shape index (κ1) is 11.9. The number of hydrogen-bond donors (Lipinski definition) is 1. The SMILES string of the molecule is Cc1nn(C)cc1-c1cc(CNC(C)C)no1. The van der Waals surface area contributed by atoms with Crippen molar-refractivity contribution < 1.29 is 4.52 Å². The lowest BCUT2D eigenvalue weighted by Crippen LogP contribution is -2.21. The summed E-state index contributed by atoms with van der Waals surface area (Å²) in [7, 11) is 1.90. The molecule has 1 N–H and O–H groups in total. The van der Waals surface area contributed by atoms with E-state index in [0.29, 0.717) is 6.04 Å². The lowest BCUT2D eigenvalue weighted by molar-refractivity contribution is 0.417. The molecular formula is C12H18N4O. The molecule has 2 rings (SSSR count). The second-order valence-electron chi connectivity index (χ2n) is 4.52. The Hall–Kier alpha value is -1.62. The fraction of sp³-hybridized carbons (Fsp3) is 0.500. The molecule has 0 saturated heterocycles. The van der Waals surface area contributed by atoms with Crippen LogP contribution in [0.2, 0.25) is 0 Å². The van der Waals surface area contributed by atoms with Crippen molar-refractivity contribution in [1.82, 2.24) is 20.3 Å². The molecule has 92 valence electrons. The largest absolute Gasteiger partial charge is 0.356 e. The highest BCUT2D eigenvalue weighted by atomic mass is 16.5. The highest BCUT2D eigenvalue weighted by molar-refractivity contribution is 5.59. The van der Waals surface area contributed by atoms with Crippen LogP contribution in [0, 0.1) is 6.92 Å². The maximum Gasteiger partial charge on any atom is 0.170 e. The summed E-state index contributed by atoms with van der Waals surface area (Å²) in [5, 5.41) is 11.6. The summed E-state index contributed by atoms with van der Waals surface area (Å²) in [6.07, 6.45) is 1.94. The van der Waals surface area contributed by atoms with Gasteiger partial charge in [-0.25, -0.2) is 0 Å². The summed E-state index contributed by atoms with van der Waals surface area (Å²) < 4.78 is 7.11. The van der Waals surface area contributed by atoms with Crippen LogP contribution in [-0.2, 0) is 13.6 Å². The summed E-state index contributed by atoms with van der Waals surface area (Å²) in [6.45, 7) is 6.89. The van der Waals surface area contributed by atoms with Gasteiger partial charge in [0.1, 0.15) is 0 Å². The summed E-state index contributed by atoms with van der Waals surface area (Å²) in [4.78, 5) is 0. The van der Waals surface area contributed by atoms with Gasteiger partial charge >= 0.3 is 0 Å².